The number of esters is 1. The van der Waals surface area contributed by atoms with Crippen molar-refractivity contribution in [1.82, 2.24) is 0 Å². The van der Waals surface area contributed by atoms with E-state index in [0.29, 0.717) is 11.4 Å². The number of benzene rings is 2. The van der Waals surface area contributed by atoms with Crippen LogP contribution >= 0.6 is 0 Å². The predicted octanol–water partition coefficient (Wildman–Crippen LogP) is 2.00. The fourth-order valence-electron chi connectivity index (χ4n) is 1.97. The van der Waals surface area contributed by atoms with Crippen LogP contribution in [0.15, 0.2) is 53.4 Å². The Morgan fingerprint density at radius 2 is 1.54 bits per heavy atom. The maximum absolute atomic E-state index is 12.4. The van der Waals surface area contributed by atoms with Crippen molar-refractivity contribution in [2.24, 2.45) is 0 Å². The van der Waals surface area contributed by atoms with E-state index in [1.807, 2.05) is 0 Å². The van der Waals surface area contributed by atoms with E-state index in [-0.39, 0.29) is 17.2 Å². The number of carbonyl (C=O) groups is 2. The minimum Gasteiger partial charge on any atom is -0.497 e. The molecule has 2 rings (SSSR count). The smallest absolute Gasteiger partial charge is 0.397 e. The number of hydrogen-bond acceptors (Lipinski definition) is 6. The molecule has 0 aliphatic carbocycles. The lowest BCUT2D eigenvalue weighted by atomic mass is 10.3. The van der Waals surface area contributed by atoms with Crippen molar-refractivity contribution < 1.29 is 27.5 Å². The second-order valence-electron chi connectivity index (χ2n) is 5.03. The highest BCUT2D eigenvalue weighted by atomic mass is 32.2. The van der Waals surface area contributed by atoms with E-state index in [4.69, 9.17) is 4.74 Å². The van der Waals surface area contributed by atoms with Gasteiger partial charge in [0.05, 0.1) is 18.6 Å². The molecule has 0 saturated carbocycles. The maximum atomic E-state index is 12.4. The molecule has 0 unspecified atom stereocenters. The average Bonchev–Trinajstić information content (AvgIpc) is 2.62. The van der Waals surface area contributed by atoms with Crippen molar-refractivity contribution in [2.75, 3.05) is 23.8 Å². The zero-order valence-corrected chi connectivity index (χ0v) is 15.0. The van der Waals surface area contributed by atoms with E-state index in [9.17, 15) is 18.0 Å². The third-order valence-electron chi connectivity index (χ3n) is 3.23. The molecule has 0 fully saturated rings. The Labute approximate surface area is 151 Å². The highest BCUT2D eigenvalue weighted by Gasteiger charge is 2.17. The minimum atomic E-state index is -3.80. The van der Waals surface area contributed by atoms with Gasteiger partial charge in [-0.15, -0.1) is 0 Å². The van der Waals surface area contributed by atoms with Crippen molar-refractivity contribution in [3.05, 3.63) is 48.5 Å². The fourth-order valence-corrected chi connectivity index (χ4v) is 3.03. The molecule has 2 N–H and O–H groups in total. The topological polar surface area (TPSA) is 111 Å². The molecule has 138 valence electrons. The molecule has 0 aliphatic rings. The van der Waals surface area contributed by atoms with Crippen LogP contribution in [0, 0.1) is 0 Å². The van der Waals surface area contributed by atoms with Gasteiger partial charge in [-0.05, 0) is 55.5 Å². The number of hydrogen-bond donors (Lipinski definition) is 2. The lowest BCUT2D eigenvalue weighted by Gasteiger charge is -2.10. The lowest BCUT2D eigenvalue weighted by Crippen LogP contribution is -2.25. The molecule has 0 heterocycles. The van der Waals surface area contributed by atoms with Gasteiger partial charge in [-0.1, -0.05) is 0 Å². The second kappa shape index (κ2) is 8.34. The van der Waals surface area contributed by atoms with E-state index in [2.05, 4.69) is 14.8 Å². The largest absolute Gasteiger partial charge is 0.497 e. The molecule has 0 aromatic heterocycles. The number of methoxy groups -OCH3 is 1. The quantitative estimate of drug-likeness (QED) is 0.587. The summed E-state index contributed by atoms with van der Waals surface area (Å²) >= 11 is 0. The summed E-state index contributed by atoms with van der Waals surface area (Å²) in [6, 6.07) is 11.8. The normalized spacial score (nSPS) is 10.7. The first-order valence-corrected chi connectivity index (χ1v) is 9.09. The first-order valence-electron chi connectivity index (χ1n) is 7.60. The third kappa shape index (κ3) is 4.96. The summed E-state index contributed by atoms with van der Waals surface area (Å²) in [7, 11) is -2.28. The number of carbonyl (C=O) groups excluding carboxylic acids is 2. The van der Waals surface area contributed by atoms with Gasteiger partial charge in [0.2, 0.25) is 0 Å². The van der Waals surface area contributed by atoms with E-state index >= 15 is 0 Å². The molecular formula is C17H18N2O6S. The summed E-state index contributed by atoms with van der Waals surface area (Å²) in [5.74, 6) is -1.33. The summed E-state index contributed by atoms with van der Waals surface area (Å²) in [5, 5.41) is 2.32. The third-order valence-corrected chi connectivity index (χ3v) is 4.62. The molecule has 8 nitrogen and oxygen atoms in total. The van der Waals surface area contributed by atoms with Gasteiger partial charge >= 0.3 is 11.9 Å². The average molecular weight is 378 g/mol. The lowest BCUT2D eigenvalue weighted by molar-refractivity contribution is -0.152. The summed E-state index contributed by atoms with van der Waals surface area (Å²) in [6.45, 7) is 1.67. The van der Waals surface area contributed by atoms with Gasteiger partial charge in [0.25, 0.3) is 10.0 Å². The van der Waals surface area contributed by atoms with E-state index in [1.165, 1.54) is 31.4 Å². The van der Waals surface area contributed by atoms with Gasteiger partial charge in [-0.3, -0.25) is 9.52 Å². The van der Waals surface area contributed by atoms with Crippen molar-refractivity contribution in [3.8, 4) is 5.75 Å². The highest BCUT2D eigenvalue weighted by Crippen LogP contribution is 2.20. The minimum absolute atomic E-state index is 0.00227. The molecule has 2 aromatic rings. The predicted molar refractivity (Wildman–Crippen MR) is 95.5 cm³/mol. The fraction of sp³-hybridized carbons (Fsp3) is 0.176. The monoisotopic (exact) mass is 378 g/mol. The number of sulfonamides is 1. The van der Waals surface area contributed by atoms with Crippen LogP contribution in [-0.2, 0) is 24.3 Å². The number of nitrogens with one attached hydrogen (secondary N) is 2. The molecule has 0 spiro atoms. The summed E-state index contributed by atoms with van der Waals surface area (Å²) in [4.78, 5) is 22.8. The van der Waals surface area contributed by atoms with E-state index in [0.717, 1.165) is 0 Å². The maximum Gasteiger partial charge on any atom is 0.397 e. The molecule has 0 radical (unpaired) electrons. The van der Waals surface area contributed by atoms with Gasteiger partial charge in [-0.2, -0.15) is 0 Å². The first-order chi connectivity index (χ1) is 12.4. The van der Waals surface area contributed by atoms with Crippen molar-refractivity contribution in [1.29, 1.82) is 0 Å². The van der Waals surface area contributed by atoms with Crippen LogP contribution < -0.4 is 14.8 Å². The Kier molecular flexibility index (Phi) is 6.18. The number of anilines is 2. The molecule has 26 heavy (non-hydrogen) atoms. The van der Waals surface area contributed by atoms with Crippen LogP contribution in [0.25, 0.3) is 0 Å². The van der Waals surface area contributed by atoms with E-state index in [1.54, 1.807) is 31.2 Å². The first kappa shape index (κ1) is 19.3. The van der Waals surface area contributed by atoms with Crippen LogP contribution in [0.1, 0.15) is 6.92 Å². The Bertz CT molecular complexity index is 876. The van der Waals surface area contributed by atoms with Gasteiger partial charge in [0.1, 0.15) is 5.75 Å². The molecule has 0 aliphatic heterocycles. The van der Waals surface area contributed by atoms with Crippen LogP contribution in [0.3, 0.4) is 0 Å². The van der Waals surface area contributed by atoms with Crippen molar-refractivity contribution in [2.45, 2.75) is 11.8 Å². The van der Waals surface area contributed by atoms with Gasteiger partial charge in [0.15, 0.2) is 0 Å². The molecule has 0 bridgehead atoms. The highest BCUT2D eigenvalue weighted by molar-refractivity contribution is 7.92. The number of amides is 1. The number of rotatable bonds is 6. The molecule has 2 aromatic carbocycles. The SMILES string of the molecule is CCOC(=O)C(=O)Nc1ccc(S(=O)(=O)Nc2ccc(OC)cc2)cc1. The summed E-state index contributed by atoms with van der Waals surface area (Å²) in [5.41, 5.74) is 0.650. The van der Waals surface area contributed by atoms with Crippen LogP contribution in [0.4, 0.5) is 11.4 Å². The van der Waals surface area contributed by atoms with E-state index < -0.39 is 21.9 Å². The van der Waals surface area contributed by atoms with Gasteiger partial charge in [0, 0.05) is 11.4 Å². The number of ether oxygens (including phenoxy) is 2. The second-order valence-corrected chi connectivity index (χ2v) is 6.72. The van der Waals surface area contributed by atoms with Crippen molar-refractivity contribution >= 4 is 33.3 Å². The van der Waals surface area contributed by atoms with Crippen molar-refractivity contribution in [3.63, 3.8) is 0 Å². The zero-order valence-electron chi connectivity index (χ0n) is 14.2. The summed E-state index contributed by atoms with van der Waals surface area (Å²) < 4.78 is 36.8. The Morgan fingerprint density at radius 3 is 2.08 bits per heavy atom. The zero-order chi connectivity index (χ0) is 19.2. The molecular weight excluding hydrogens is 360 g/mol. The molecule has 0 atom stereocenters. The Morgan fingerprint density at radius 1 is 0.962 bits per heavy atom. The molecule has 0 saturated heterocycles. The molecule has 1 amide bonds. The van der Waals surface area contributed by atoms with Crippen LogP contribution in [0.2, 0.25) is 0 Å². The van der Waals surface area contributed by atoms with Gasteiger partial charge < -0.3 is 14.8 Å². The Hall–Kier alpha value is -3.07. The standard InChI is InChI=1S/C17H18N2O6S/c1-3-25-17(21)16(20)18-12-6-10-15(11-7-12)26(22,23)19-13-4-8-14(24-2)9-5-13/h4-11,19H,3H2,1-2H3,(H,18,20). The molecule has 9 heteroatoms. The van der Waals surface area contributed by atoms with Gasteiger partial charge in [-0.25, -0.2) is 13.2 Å². The van der Waals surface area contributed by atoms with Crippen LogP contribution in [0.5, 0.6) is 5.75 Å². The summed E-state index contributed by atoms with van der Waals surface area (Å²) in [6.07, 6.45) is 0. The van der Waals surface area contributed by atoms with Crippen LogP contribution in [-0.4, -0.2) is 34.0 Å². The Balaban J connectivity index is 2.08.